The third-order valence-electron chi connectivity index (χ3n) is 3.42. The number of oxazole rings is 1. The number of aryl methyl sites for hydroxylation is 1. The van der Waals surface area contributed by atoms with E-state index >= 15 is 0 Å². The Morgan fingerprint density at radius 2 is 2.10 bits per heavy atom. The second-order valence-electron chi connectivity index (χ2n) is 5.48. The van der Waals surface area contributed by atoms with Crippen LogP contribution in [0.5, 0.6) is 0 Å². The van der Waals surface area contributed by atoms with Gasteiger partial charge in [0.25, 0.3) is 0 Å². The zero-order valence-electron chi connectivity index (χ0n) is 12.4. The predicted octanol–water partition coefficient (Wildman–Crippen LogP) is 4.02. The highest BCUT2D eigenvalue weighted by molar-refractivity contribution is 5.92. The molecule has 2 aromatic heterocycles. The predicted molar refractivity (Wildman–Crippen MR) is 83.2 cm³/mol. The largest absolute Gasteiger partial charge is 0.464 e. The summed E-state index contributed by atoms with van der Waals surface area (Å²) in [5, 5.41) is 4.45. The van der Waals surface area contributed by atoms with E-state index in [0.29, 0.717) is 6.04 Å². The maximum absolute atomic E-state index is 5.84. The van der Waals surface area contributed by atoms with Crippen LogP contribution in [0.1, 0.15) is 26.2 Å². The summed E-state index contributed by atoms with van der Waals surface area (Å²) in [5.41, 5.74) is 1.83. The minimum atomic E-state index is 0.516. The molecule has 3 rings (SSSR count). The summed E-state index contributed by atoms with van der Waals surface area (Å²) in [4.78, 5) is 4.36. The van der Waals surface area contributed by atoms with E-state index < -0.39 is 0 Å². The normalized spacial score (nSPS) is 11.6. The average Bonchev–Trinajstić information content (AvgIpc) is 3.09. The summed E-state index contributed by atoms with van der Waals surface area (Å²) >= 11 is 0. The first-order valence-corrected chi connectivity index (χ1v) is 7.39. The molecule has 2 heterocycles. The van der Waals surface area contributed by atoms with E-state index in [0.717, 1.165) is 47.6 Å². The highest BCUT2D eigenvalue weighted by atomic mass is 16.4. The number of benzene rings is 1. The van der Waals surface area contributed by atoms with Crippen LogP contribution in [0.2, 0.25) is 0 Å². The van der Waals surface area contributed by atoms with Crippen molar-refractivity contribution >= 4 is 11.0 Å². The van der Waals surface area contributed by atoms with Crippen LogP contribution in [0, 0.1) is 0 Å². The number of fused-ring (bicyclic) bond motifs is 1. The molecule has 1 N–H and O–H groups in total. The lowest BCUT2D eigenvalue weighted by molar-refractivity contribution is 0.484. The lowest BCUT2D eigenvalue weighted by Gasteiger charge is -2.05. The van der Waals surface area contributed by atoms with E-state index in [1.165, 1.54) is 0 Å². The minimum Gasteiger partial charge on any atom is -0.464 e. The highest BCUT2D eigenvalue weighted by Gasteiger charge is 2.12. The second-order valence-corrected chi connectivity index (χ2v) is 5.48. The number of rotatable bonds is 6. The van der Waals surface area contributed by atoms with Crippen LogP contribution in [0.3, 0.4) is 0 Å². The smallest absolute Gasteiger partial charge is 0.194 e. The lowest BCUT2D eigenvalue weighted by Crippen LogP contribution is -2.23. The third-order valence-corrected chi connectivity index (χ3v) is 3.42. The fraction of sp³-hybridized carbons (Fsp3) is 0.353. The molecule has 4 heteroatoms. The Labute approximate surface area is 124 Å². The maximum Gasteiger partial charge on any atom is 0.194 e. The van der Waals surface area contributed by atoms with Crippen LogP contribution >= 0.6 is 0 Å². The van der Waals surface area contributed by atoms with Crippen molar-refractivity contribution in [3.63, 3.8) is 0 Å². The molecule has 0 aliphatic heterocycles. The molecular formula is C17H20N2O2. The van der Waals surface area contributed by atoms with Crippen LogP contribution in [0.4, 0.5) is 0 Å². The van der Waals surface area contributed by atoms with E-state index in [-0.39, 0.29) is 0 Å². The molecule has 110 valence electrons. The summed E-state index contributed by atoms with van der Waals surface area (Å²) in [6.45, 7) is 5.27. The molecule has 3 aromatic rings. The monoisotopic (exact) mass is 284 g/mol. The Bertz CT molecular complexity index is 712. The molecule has 1 aromatic carbocycles. The first-order valence-electron chi connectivity index (χ1n) is 7.39. The second kappa shape index (κ2) is 6.14. The summed E-state index contributed by atoms with van der Waals surface area (Å²) < 4.78 is 11.4. The molecule has 0 amide bonds. The molecular weight excluding hydrogens is 264 g/mol. The molecule has 0 saturated carbocycles. The van der Waals surface area contributed by atoms with Gasteiger partial charge in [-0.05, 0) is 19.0 Å². The van der Waals surface area contributed by atoms with Gasteiger partial charge in [-0.2, -0.15) is 0 Å². The molecule has 0 unspecified atom stereocenters. The summed E-state index contributed by atoms with van der Waals surface area (Å²) in [7, 11) is 0. The summed E-state index contributed by atoms with van der Waals surface area (Å²) in [5.74, 6) is 1.55. The molecule has 4 nitrogen and oxygen atoms in total. The van der Waals surface area contributed by atoms with Crippen LogP contribution < -0.4 is 5.32 Å². The number of aromatic nitrogens is 1. The van der Waals surface area contributed by atoms with Gasteiger partial charge in [-0.1, -0.05) is 32.0 Å². The average molecular weight is 284 g/mol. The number of furan rings is 1. The van der Waals surface area contributed by atoms with Gasteiger partial charge < -0.3 is 14.2 Å². The van der Waals surface area contributed by atoms with Crippen molar-refractivity contribution in [2.75, 3.05) is 6.54 Å². The van der Waals surface area contributed by atoms with Crippen molar-refractivity contribution < 1.29 is 8.83 Å². The first kappa shape index (κ1) is 13.9. The van der Waals surface area contributed by atoms with Crippen LogP contribution in [0.25, 0.3) is 22.3 Å². The van der Waals surface area contributed by atoms with Gasteiger partial charge in [0, 0.05) is 17.8 Å². The molecule has 0 fully saturated rings. The highest BCUT2D eigenvalue weighted by Crippen LogP contribution is 2.30. The molecule has 0 saturated heterocycles. The van der Waals surface area contributed by atoms with Crippen LogP contribution in [-0.2, 0) is 6.42 Å². The quantitative estimate of drug-likeness (QED) is 0.695. The Balaban J connectivity index is 1.70. The van der Waals surface area contributed by atoms with E-state index in [4.69, 9.17) is 8.83 Å². The van der Waals surface area contributed by atoms with Crippen molar-refractivity contribution in [2.45, 2.75) is 32.7 Å². The van der Waals surface area contributed by atoms with Gasteiger partial charge in [-0.3, -0.25) is 0 Å². The van der Waals surface area contributed by atoms with Gasteiger partial charge in [-0.15, -0.1) is 0 Å². The number of nitrogens with one attached hydrogen (secondary N) is 1. The fourth-order valence-electron chi connectivity index (χ4n) is 2.35. The van der Waals surface area contributed by atoms with E-state index in [1.54, 1.807) is 12.5 Å². The first-order chi connectivity index (χ1) is 10.2. The van der Waals surface area contributed by atoms with Gasteiger partial charge in [0.1, 0.15) is 11.8 Å². The van der Waals surface area contributed by atoms with Crippen molar-refractivity contribution in [1.29, 1.82) is 0 Å². The Hall–Kier alpha value is -2.07. The SMILES string of the molecule is CC(C)NCCCc1ncc(-c2coc3ccccc23)o1. The van der Waals surface area contributed by atoms with Crippen molar-refractivity contribution in [3.05, 3.63) is 42.6 Å². The molecule has 0 aliphatic rings. The van der Waals surface area contributed by atoms with Gasteiger partial charge >= 0.3 is 0 Å². The topological polar surface area (TPSA) is 51.2 Å². The summed E-state index contributed by atoms with van der Waals surface area (Å²) in [6, 6.07) is 8.46. The van der Waals surface area contributed by atoms with Crippen LogP contribution in [-0.4, -0.2) is 17.6 Å². The zero-order chi connectivity index (χ0) is 14.7. The fourth-order valence-corrected chi connectivity index (χ4v) is 2.35. The third kappa shape index (κ3) is 3.16. The molecule has 0 bridgehead atoms. The molecule has 21 heavy (non-hydrogen) atoms. The molecule has 0 spiro atoms. The number of hydrogen-bond donors (Lipinski definition) is 1. The van der Waals surface area contributed by atoms with Gasteiger partial charge in [0.05, 0.1) is 11.8 Å². The number of hydrogen-bond acceptors (Lipinski definition) is 4. The van der Waals surface area contributed by atoms with Gasteiger partial charge in [0.15, 0.2) is 11.7 Å². The molecule has 0 atom stereocenters. The Morgan fingerprint density at radius 1 is 1.24 bits per heavy atom. The standard InChI is InChI=1S/C17H20N2O2/c1-12(2)18-9-5-8-17-19-10-16(21-17)14-11-20-15-7-4-3-6-13(14)15/h3-4,6-7,10-12,18H,5,8-9H2,1-2H3. The molecule has 0 radical (unpaired) electrons. The van der Waals surface area contributed by atoms with Gasteiger partial charge in [-0.25, -0.2) is 4.98 Å². The molecule has 0 aliphatic carbocycles. The van der Waals surface area contributed by atoms with Crippen molar-refractivity contribution in [3.8, 4) is 11.3 Å². The van der Waals surface area contributed by atoms with E-state index in [9.17, 15) is 0 Å². The van der Waals surface area contributed by atoms with Crippen molar-refractivity contribution in [2.24, 2.45) is 0 Å². The van der Waals surface area contributed by atoms with Gasteiger partial charge in [0.2, 0.25) is 0 Å². The van der Waals surface area contributed by atoms with E-state index in [1.807, 2.05) is 24.3 Å². The maximum atomic E-state index is 5.84. The van der Waals surface area contributed by atoms with Crippen LogP contribution in [0.15, 0.2) is 45.6 Å². The van der Waals surface area contributed by atoms with E-state index in [2.05, 4.69) is 24.1 Å². The Morgan fingerprint density at radius 3 is 2.95 bits per heavy atom. The zero-order valence-corrected chi connectivity index (χ0v) is 12.4. The Kier molecular flexibility index (Phi) is 4.06. The minimum absolute atomic E-state index is 0.516. The van der Waals surface area contributed by atoms with Crippen molar-refractivity contribution in [1.82, 2.24) is 10.3 Å². The lowest BCUT2D eigenvalue weighted by atomic mass is 10.1. The summed E-state index contributed by atoms with van der Waals surface area (Å²) in [6.07, 6.45) is 5.37. The number of para-hydroxylation sites is 1. The number of nitrogens with zero attached hydrogens (tertiary/aromatic N) is 1.